The molecule has 4 N–H and O–H groups in total. The van der Waals surface area contributed by atoms with E-state index >= 15 is 0 Å². The van der Waals surface area contributed by atoms with Crippen molar-refractivity contribution in [2.45, 2.75) is 115 Å². The van der Waals surface area contributed by atoms with Crippen molar-refractivity contribution in [1.82, 2.24) is 21.3 Å². The average Bonchev–Trinajstić information content (AvgIpc) is 3.33. The van der Waals surface area contributed by atoms with Crippen LogP contribution in [0.15, 0.2) is 42.5 Å². The third-order valence-corrected chi connectivity index (χ3v) is 11.3. The fourth-order valence-electron chi connectivity index (χ4n) is 8.65. The number of nitrogens with one attached hydrogen (secondary N) is 4. The van der Waals surface area contributed by atoms with Crippen molar-refractivity contribution >= 4 is 23.6 Å². The number of rotatable bonds is 11. The molecule has 0 radical (unpaired) electrons. The van der Waals surface area contributed by atoms with Gasteiger partial charge in [0.15, 0.2) is 11.9 Å². The summed E-state index contributed by atoms with van der Waals surface area (Å²) in [6.07, 6.45) is 1.71. The number of hydrogen-bond donors (Lipinski definition) is 4. The van der Waals surface area contributed by atoms with E-state index in [1.54, 1.807) is 26.8 Å². The van der Waals surface area contributed by atoms with Gasteiger partial charge in [0, 0.05) is 36.5 Å². The molecular weight excluding hydrogens is 702 g/mol. The topological polar surface area (TPSA) is 153 Å². The Bertz CT molecular complexity index is 1750. The monoisotopic (exact) mass is 754 g/mol. The second-order valence-corrected chi connectivity index (χ2v) is 16.5. The Labute approximate surface area is 314 Å². The van der Waals surface area contributed by atoms with E-state index in [1.165, 1.54) is 30.3 Å². The zero-order chi connectivity index (χ0) is 39.0. The Morgan fingerprint density at radius 3 is 2.39 bits per heavy atom. The van der Waals surface area contributed by atoms with Crippen LogP contribution in [-0.2, 0) is 33.6 Å². The van der Waals surface area contributed by atoms with Gasteiger partial charge in [-0.15, -0.1) is 0 Å². The molecule has 1 aliphatic carbocycles. The minimum absolute atomic E-state index is 0.0141. The summed E-state index contributed by atoms with van der Waals surface area (Å²) in [6.45, 7) is 11.3. The van der Waals surface area contributed by atoms with Crippen molar-refractivity contribution in [3.05, 3.63) is 59.7 Å². The first kappa shape index (κ1) is 39.7. The Hall–Kier alpha value is -3.98. The summed E-state index contributed by atoms with van der Waals surface area (Å²) in [6, 6.07) is 8.47. The number of ether oxygens (including phenoxy) is 2. The molecule has 2 aromatic rings. The predicted molar refractivity (Wildman–Crippen MR) is 193 cm³/mol. The van der Waals surface area contributed by atoms with Gasteiger partial charge in [-0.3, -0.25) is 19.2 Å². The highest BCUT2D eigenvalue weighted by Gasteiger charge is 2.69. The summed E-state index contributed by atoms with van der Waals surface area (Å²) >= 11 is 0. The number of fused-ring (bicyclic) bond motifs is 2. The molecule has 1 spiro atoms. The summed E-state index contributed by atoms with van der Waals surface area (Å²) in [5.41, 5.74) is -1.10. The smallest absolute Gasteiger partial charge is 0.254 e. The Kier molecular flexibility index (Phi) is 11.5. The van der Waals surface area contributed by atoms with E-state index in [1.807, 2.05) is 13.8 Å². The van der Waals surface area contributed by atoms with Gasteiger partial charge < -0.3 is 30.7 Å². The maximum absolute atomic E-state index is 14.6. The molecule has 12 nitrogen and oxygen atoms in total. The van der Waals surface area contributed by atoms with E-state index in [9.17, 15) is 28.0 Å². The van der Waals surface area contributed by atoms with Gasteiger partial charge >= 0.3 is 0 Å². The van der Waals surface area contributed by atoms with E-state index in [0.29, 0.717) is 17.9 Å². The van der Waals surface area contributed by atoms with Crippen molar-refractivity contribution in [1.29, 1.82) is 0 Å². The zero-order valence-corrected chi connectivity index (χ0v) is 31.8. The van der Waals surface area contributed by atoms with Gasteiger partial charge in [-0.05, 0) is 88.5 Å². The van der Waals surface area contributed by atoms with Crippen molar-refractivity contribution < 1.29 is 47.2 Å². The molecule has 294 valence electrons. The quantitative estimate of drug-likeness (QED) is 0.187. The maximum atomic E-state index is 14.6. The van der Waals surface area contributed by atoms with E-state index in [4.69, 9.17) is 19.2 Å². The number of amides is 4. The van der Waals surface area contributed by atoms with Crippen LogP contribution in [0.5, 0.6) is 0 Å². The zero-order valence-electron chi connectivity index (χ0n) is 31.8. The summed E-state index contributed by atoms with van der Waals surface area (Å²) in [5, 5.41) is 10.8. The molecule has 2 bridgehead atoms. The van der Waals surface area contributed by atoms with Gasteiger partial charge in [-0.1, -0.05) is 38.1 Å². The average molecular weight is 755 g/mol. The SMILES string of the molecule is C[C@H]1[C@@H](CC(=O)N[C@@H](CC(=O)NC(C)(C)C)C(=O)NCCNC(=O)c2cc(-c3ccccc3F)ccc2F)O[C@@H]2O[C@@]3(C)CC[C@H]4[C@H](C)CC[C@@H]1[C@@]24OO3. The summed E-state index contributed by atoms with van der Waals surface area (Å²) in [4.78, 5) is 65.1. The first-order chi connectivity index (χ1) is 25.5. The molecule has 9 atom stereocenters. The molecule has 54 heavy (non-hydrogen) atoms. The first-order valence-electron chi connectivity index (χ1n) is 18.9. The molecule has 4 aliphatic heterocycles. The molecule has 2 aromatic carbocycles. The highest BCUT2D eigenvalue weighted by Crippen LogP contribution is 2.60. The second-order valence-electron chi connectivity index (χ2n) is 16.5. The molecule has 0 unspecified atom stereocenters. The van der Waals surface area contributed by atoms with Crippen LogP contribution in [0.25, 0.3) is 11.1 Å². The number of hydrogen-bond acceptors (Lipinski definition) is 8. The van der Waals surface area contributed by atoms with Gasteiger partial charge in [0.25, 0.3) is 5.91 Å². The van der Waals surface area contributed by atoms with Crippen molar-refractivity contribution in [2.24, 2.45) is 23.7 Å². The Morgan fingerprint density at radius 1 is 0.907 bits per heavy atom. The summed E-state index contributed by atoms with van der Waals surface area (Å²) in [7, 11) is 0. The van der Waals surface area contributed by atoms with E-state index in [-0.39, 0.29) is 54.8 Å². The van der Waals surface area contributed by atoms with E-state index in [2.05, 4.69) is 28.2 Å². The highest BCUT2D eigenvalue weighted by atomic mass is 19.1. The normalized spacial score (nSPS) is 30.7. The molecule has 0 aromatic heterocycles. The predicted octanol–water partition coefficient (Wildman–Crippen LogP) is 4.91. The summed E-state index contributed by atoms with van der Waals surface area (Å²) < 4.78 is 41.9. The maximum Gasteiger partial charge on any atom is 0.254 e. The lowest BCUT2D eigenvalue weighted by Gasteiger charge is -2.60. The van der Waals surface area contributed by atoms with E-state index < -0.39 is 70.6 Å². The fourth-order valence-corrected chi connectivity index (χ4v) is 8.65. The second kappa shape index (κ2) is 15.6. The molecule has 4 saturated heterocycles. The van der Waals surface area contributed by atoms with Gasteiger partial charge in [-0.2, -0.15) is 0 Å². The third-order valence-electron chi connectivity index (χ3n) is 11.3. The minimum atomic E-state index is -1.24. The van der Waals surface area contributed by atoms with Gasteiger partial charge in [0.05, 0.1) is 24.5 Å². The van der Waals surface area contributed by atoms with Crippen LogP contribution in [0.2, 0.25) is 0 Å². The standard InChI is InChI=1S/C40H52F2N4O8/c1-22-11-13-28-23(2)32(51-37-40(28)27(22)15-16-39(6,52-37)53-54-40)21-33(47)45-31(20-34(48)46-38(3,4)5)36(50)44-18-17-43-35(49)26-19-24(12-14-30(26)42)25-9-7-8-10-29(25)41/h7-10,12,14,19,22-23,27-28,31-32,37H,11,13,15-18,20-21H2,1-6H3,(H,43,49)(H,44,50)(H,45,47)(H,46,48)/t22-,23-,27+,28+,31+,32-,37-,39-,40-/m1/s1. The van der Waals surface area contributed by atoms with Crippen LogP contribution < -0.4 is 21.3 Å². The molecule has 5 fully saturated rings. The van der Waals surface area contributed by atoms with Crippen LogP contribution in [0.1, 0.15) is 90.4 Å². The third kappa shape index (κ3) is 8.31. The van der Waals surface area contributed by atoms with Crippen molar-refractivity contribution in [3.63, 3.8) is 0 Å². The van der Waals surface area contributed by atoms with Gasteiger partial charge in [0.1, 0.15) is 17.7 Å². The van der Waals surface area contributed by atoms with Crippen molar-refractivity contribution in [3.8, 4) is 11.1 Å². The molecule has 5 aliphatic rings. The van der Waals surface area contributed by atoms with Crippen molar-refractivity contribution in [2.75, 3.05) is 13.1 Å². The molecule has 4 heterocycles. The molecule has 4 amide bonds. The largest absolute Gasteiger partial charge is 0.353 e. The first-order valence-corrected chi connectivity index (χ1v) is 18.9. The van der Waals surface area contributed by atoms with Crippen LogP contribution in [-0.4, -0.2) is 72.1 Å². The summed E-state index contributed by atoms with van der Waals surface area (Å²) in [5.74, 6) is -4.12. The number of carbonyl (C=O) groups excluding carboxylic acids is 4. The van der Waals surface area contributed by atoms with Gasteiger partial charge in [-0.25, -0.2) is 18.6 Å². The molecule has 1 saturated carbocycles. The highest BCUT2D eigenvalue weighted by molar-refractivity contribution is 5.96. The number of carbonyl (C=O) groups is 4. The van der Waals surface area contributed by atoms with Crippen LogP contribution in [0.4, 0.5) is 8.78 Å². The Morgan fingerprint density at radius 2 is 1.65 bits per heavy atom. The fraction of sp³-hybridized carbons (Fsp3) is 0.600. The lowest BCUT2D eigenvalue weighted by atomic mass is 9.57. The number of benzene rings is 2. The Balaban J connectivity index is 1.08. The van der Waals surface area contributed by atoms with Gasteiger partial charge in [0.2, 0.25) is 23.5 Å². The number of halogens is 2. The minimum Gasteiger partial charge on any atom is -0.353 e. The molecular formula is C40H52F2N4O8. The van der Waals surface area contributed by atoms with E-state index in [0.717, 1.165) is 25.3 Å². The lowest BCUT2D eigenvalue weighted by molar-refractivity contribution is -0.570. The van der Waals surface area contributed by atoms with Crippen LogP contribution in [0, 0.1) is 35.3 Å². The lowest BCUT2D eigenvalue weighted by Crippen LogP contribution is -2.70. The molecule has 7 rings (SSSR count). The molecule has 14 heteroatoms. The van der Waals surface area contributed by atoms with Crippen LogP contribution >= 0.6 is 0 Å². The van der Waals surface area contributed by atoms with Crippen LogP contribution in [0.3, 0.4) is 0 Å².